The van der Waals surface area contributed by atoms with Crippen molar-refractivity contribution < 1.29 is 4.39 Å². The lowest BCUT2D eigenvalue weighted by atomic mass is 10.0. The molecule has 6 heteroatoms. The fraction of sp³-hybridized carbons (Fsp3) is 0.471. The van der Waals surface area contributed by atoms with E-state index in [1.54, 1.807) is 23.5 Å². The first-order chi connectivity index (χ1) is 10.8. The molecule has 1 aromatic heterocycles. The van der Waals surface area contributed by atoms with Gasteiger partial charge in [0.15, 0.2) is 0 Å². The predicted molar refractivity (Wildman–Crippen MR) is 93.8 cm³/mol. The number of halogens is 2. The molecule has 0 amide bonds. The van der Waals surface area contributed by atoms with Crippen LogP contribution in [-0.2, 0) is 6.54 Å². The highest BCUT2D eigenvalue weighted by molar-refractivity contribution is 7.09. The summed E-state index contributed by atoms with van der Waals surface area (Å²) in [6, 6.07) is 7.19. The van der Waals surface area contributed by atoms with E-state index in [1.807, 2.05) is 6.07 Å². The van der Waals surface area contributed by atoms with Gasteiger partial charge in [-0.2, -0.15) is 0 Å². The van der Waals surface area contributed by atoms with Crippen molar-refractivity contribution >= 4 is 23.7 Å². The molecular weight excluding hydrogens is 333 g/mol. The normalized spacial score (nSPS) is 21.9. The minimum atomic E-state index is -0.160. The van der Waals surface area contributed by atoms with Crippen LogP contribution < -0.4 is 5.32 Å². The van der Waals surface area contributed by atoms with E-state index < -0.39 is 0 Å². The van der Waals surface area contributed by atoms with Gasteiger partial charge in [0, 0.05) is 43.5 Å². The number of hydrogen-bond donors (Lipinski definition) is 1. The number of piperazine rings is 1. The van der Waals surface area contributed by atoms with Crippen LogP contribution in [-0.4, -0.2) is 29.5 Å². The van der Waals surface area contributed by atoms with Crippen molar-refractivity contribution in [3.63, 3.8) is 0 Å². The number of nitrogens with one attached hydrogen (secondary N) is 1. The average Bonchev–Trinajstić information content (AvgIpc) is 3.28. The average molecular weight is 354 g/mol. The zero-order chi connectivity index (χ0) is 14.9. The Hall–Kier alpha value is -1.01. The molecule has 0 bridgehead atoms. The minimum Gasteiger partial charge on any atom is -0.314 e. The van der Waals surface area contributed by atoms with Crippen LogP contribution in [0.3, 0.4) is 0 Å². The van der Waals surface area contributed by atoms with Crippen LogP contribution in [0.25, 0.3) is 0 Å². The molecule has 4 rings (SSSR count). The van der Waals surface area contributed by atoms with Gasteiger partial charge in [0.25, 0.3) is 0 Å². The zero-order valence-corrected chi connectivity index (χ0v) is 14.5. The third-order valence-electron chi connectivity index (χ3n) is 4.45. The molecule has 2 heterocycles. The van der Waals surface area contributed by atoms with Crippen molar-refractivity contribution in [3.8, 4) is 0 Å². The topological polar surface area (TPSA) is 28.2 Å². The van der Waals surface area contributed by atoms with Crippen molar-refractivity contribution in [1.29, 1.82) is 0 Å². The van der Waals surface area contributed by atoms with Crippen molar-refractivity contribution in [2.75, 3.05) is 19.6 Å². The lowest BCUT2D eigenvalue weighted by Crippen LogP contribution is -2.45. The second kappa shape index (κ2) is 7.26. The second-order valence-corrected chi connectivity index (χ2v) is 7.09. The molecule has 124 valence electrons. The van der Waals surface area contributed by atoms with Crippen molar-refractivity contribution in [3.05, 3.63) is 51.7 Å². The highest BCUT2D eigenvalue weighted by Gasteiger charge is 2.28. The van der Waals surface area contributed by atoms with Gasteiger partial charge in [-0.3, -0.25) is 4.90 Å². The summed E-state index contributed by atoms with van der Waals surface area (Å²) >= 11 is 1.79. The van der Waals surface area contributed by atoms with Crippen LogP contribution in [0.1, 0.15) is 41.1 Å². The maximum atomic E-state index is 13.5. The Kier molecular flexibility index (Phi) is 5.31. The first-order valence-corrected chi connectivity index (χ1v) is 8.82. The number of hydrogen-bond acceptors (Lipinski definition) is 4. The molecule has 2 aromatic rings. The summed E-state index contributed by atoms with van der Waals surface area (Å²) in [6.45, 7) is 3.66. The molecule has 1 aromatic carbocycles. The molecule has 1 atom stereocenters. The number of nitrogens with zero attached hydrogens (tertiary/aromatic N) is 2. The van der Waals surface area contributed by atoms with E-state index in [2.05, 4.69) is 15.6 Å². The van der Waals surface area contributed by atoms with Gasteiger partial charge in [-0.15, -0.1) is 23.7 Å². The standard InChI is InChI=1S/C17H20FN3S.ClH/c18-14-3-1-2-13(8-14)16-9-19-6-7-21(16)10-15-11-22-17(20-15)12-4-5-12;/h1-3,8,11-12,16,19H,4-7,9-10H2;1H. The molecule has 2 fully saturated rings. The molecule has 3 nitrogen and oxygen atoms in total. The summed E-state index contributed by atoms with van der Waals surface area (Å²) in [5.41, 5.74) is 2.21. The summed E-state index contributed by atoms with van der Waals surface area (Å²) in [4.78, 5) is 7.21. The third-order valence-corrected chi connectivity index (χ3v) is 5.50. The fourth-order valence-corrected chi connectivity index (χ4v) is 4.08. The quantitative estimate of drug-likeness (QED) is 0.907. The molecule has 23 heavy (non-hydrogen) atoms. The molecule has 2 aliphatic rings. The third kappa shape index (κ3) is 3.91. The van der Waals surface area contributed by atoms with Crippen molar-refractivity contribution in [2.24, 2.45) is 0 Å². The Balaban J connectivity index is 0.00000156. The van der Waals surface area contributed by atoms with Crippen LogP contribution in [0.4, 0.5) is 4.39 Å². The van der Waals surface area contributed by atoms with Gasteiger partial charge < -0.3 is 5.32 Å². The molecule has 1 aliphatic carbocycles. The van der Waals surface area contributed by atoms with Gasteiger partial charge in [-0.1, -0.05) is 12.1 Å². The van der Waals surface area contributed by atoms with E-state index in [1.165, 1.54) is 23.9 Å². The lowest BCUT2D eigenvalue weighted by molar-refractivity contribution is 0.152. The van der Waals surface area contributed by atoms with Crippen LogP contribution in [0.15, 0.2) is 29.6 Å². The predicted octanol–water partition coefficient (Wildman–Crippen LogP) is 3.73. The Morgan fingerprint density at radius 2 is 2.22 bits per heavy atom. The van der Waals surface area contributed by atoms with Crippen molar-refractivity contribution in [1.82, 2.24) is 15.2 Å². The Morgan fingerprint density at radius 3 is 3.00 bits per heavy atom. The van der Waals surface area contributed by atoms with E-state index in [9.17, 15) is 4.39 Å². The molecule has 1 saturated carbocycles. The summed E-state index contributed by atoms with van der Waals surface area (Å²) in [5, 5.41) is 6.91. The number of thiazole rings is 1. The smallest absolute Gasteiger partial charge is 0.123 e. The minimum absolute atomic E-state index is 0. The van der Waals surface area contributed by atoms with E-state index in [-0.39, 0.29) is 24.3 Å². The van der Waals surface area contributed by atoms with E-state index in [0.29, 0.717) is 0 Å². The number of aromatic nitrogens is 1. The summed E-state index contributed by atoms with van der Waals surface area (Å²) in [5.74, 6) is 0.563. The van der Waals surface area contributed by atoms with Gasteiger partial charge in [0.1, 0.15) is 5.82 Å². The molecule has 1 N–H and O–H groups in total. The Labute approximate surface area is 146 Å². The Bertz CT molecular complexity index is 659. The lowest BCUT2D eigenvalue weighted by Gasteiger charge is -2.36. The molecule has 0 radical (unpaired) electrons. The molecule has 1 aliphatic heterocycles. The highest BCUT2D eigenvalue weighted by Crippen LogP contribution is 2.41. The monoisotopic (exact) mass is 353 g/mol. The molecule has 1 unspecified atom stereocenters. The molecular formula is C17H21ClFN3S. The summed E-state index contributed by atoms with van der Waals surface area (Å²) in [6.07, 6.45) is 2.60. The van der Waals surface area contributed by atoms with Crippen LogP contribution >= 0.6 is 23.7 Å². The van der Waals surface area contributed by atoms with E-state index in [0.717, 1.165) is 43.4 Å². The Morgan fingerprint density at radius 1 is 1.35 bits per heavy atom. The second-order valence-electron chi connectivity index (χ2n) is 6.20. The van der Waals surface area contributed by atoms with Crippen LogP contribution in [0.5, 0.6) is 0 Å². The largest absolute Gasteiger partial charge is 0.314 e. The maximum Gasteiger partial charge on any atom is 0.123 e. The van der Waals surface area contributed by atoms with Gasteiger partial charge >= 0.3 is 0 Å². The van der Waals surface area contributed by atoms with E-state index >= 15 is 0 Å². The highest BCUT2D eigenvalue weighted by atomic mass is 35.5. The van der Waals surface area contributed by atoms with Gasteiger partial charge in [-0.05, 0) is 30.5 Å². The molecule has 0 spiro atoms. The van der Waals surface area contributed by atoms with Crippen molar-refractivity contribution in [2.45, 2.75) is 31.3 Å². The summed E-state index contributed by atoms with van der Waals surface area (Å²) in [7, 11) is 0. The summed E-state index contributed by atoms with van der Waals surface area (Å²) < 4.78 is 13.5. The number of benzene rings is 1. The maximum absolute atomic E-state index is 13.5. The van der Waals surface area contributed by atoms with Crippen LogP contribution in [0.2, 0.25) is 0 Å². The van der Waals surface area contributed by atoms with Crippen LogP contribution in [0, 0.1) is 5.82 Å². The van der Waals surface area contributed by atoms with E-state index in [4.69, 9.17) is 4.98 Å². The SMILES string of the molecule is Cl.Fc1cccc(C2CNCCN2Cc2csc(C3CC3)n2)c1. The number of rotatable bonds is 4. The molecule has 1 saturated heterocycles. The first-order valence-electron chi connectivity index (χ1n) is 7.94. The van der Waals surface area contributed by atoms with Gasteiger partial charge in [0.2, 0.25) is 0 Å². The van der Waals surface area contributed by atoms with Gasteiger partial charge in [-0.25, -0.2) is 9.37 Å². The first kappa shape index (κ1) is 16.8. The van der Waals surface area contributed by atoms with Gasteiger partial charge in [0.05, 0.1) is 10.7 Å². The zero-order valence-electron chi connectivity index (χ0n) is 12.9. The fourth-order valence-electron chi connectivity index (χ4n) is 3.10.